The van der Waals surface area contributed by atoms with Gasteiger partial charge in [0, 0.05) is 25.4 Å². The maximum absolute atomic E-state index is 12.4. The number of methoxy groups -OCH3 is 1. The minimum atomic E-state index is -0.00371. The molecule has 5 heteroatoms. The Bertz CT molecular complexity index is 550. The molecule has 1 amide bonds. The topological polar surface area (TPSA) is 50.8 Å². The van der Waals surface area contributed by atoms with Crippen LogP contribution >= 0.6 is 0 Å². The lowest BCUT2D eigenvalue weighted by molar-refractivity contribution is -0.119. The molecule has 2 heterocycles. The van der Waals surface area contributed by atoms with Crippen LogP contribution in [0.4, 0.5) is 11.4 Å². The van der Waals surface area contributed by atoms with Crippen LogP contribution in [-0.4, -0.2) is 38.8 Å². The quantitative estimate of drug-likeness (QED) is 0.895. The van der Waals surface area contributed by atoms with Crippen LogP contribution in [0.5, 0.6) is 5.75 Å². The molecule has 1 atom stereocenters. The third-order valence-corrected chi connectivity index (χ3v) is 4.87. The molecule has 0 aromatic heterocycles. The molecule has 0 saturated carbocycles. The Hall–Kier alpha value is -1.75. The highest BCUT2D eigenvalue weighted by molar-refractivity contribution is 5.93. The van der Waals surface area contributed by atoms with E-state index in [2.05, 4.69) is 16.3 Å². The molecule has 1 aromatic carbocycles. The lowest BCUT2D eigenvalue weighted by Gasteiger charge is -2.29. The molecule has 1 unspecified atom stereocenters. The highest BCUT2D eigenvalue weighted by Crippen LogP contribution is 2.31. The predicted molar refractivity (Wildman–Crippen MR) is 95.9 cm³/mol. The Morgan fingerprint density at radius 3 is 2.79 bits per heavy atom. The van der Waals surface area contributed by atoms with Gasteiger partial charge in [-0.1, -0.05) is 0 Å². The van der Waals surface area contributed by atoms with Crippen molar-refractivity contribution < 1.29 is 14.3 Å². The first-order valence-corrected chi connectivity index (χ1v) is 9.11. The lowest BCUT2D eigenvalue weighted by Crippen LogP contribution is -2.29. The van der Waals surface area contributed by atoms with Crippen molar-refractivity contribution in [3.8, 4) is 5.75 Å². The summed E-state index contributed by atoms with van der Waals surface area (Å²) in [5, 5.41) is 3.02. The zero-order valence-corrected chi connectivity index (χ0v) is 14.6. The SMILES string of the molecule is COc1ccc(N2CCCCC2)cc1NC(=O)CC1CCCCO1. The number of rotatable bonds is 5. The van der Waals surface area contributed by atoms with Crippen molar-refractivity contribution in [1.82, 2.24) is 0 Å². The third kappa shape index (κ3) is 4.41. The number of nitrogens with zero attached hydrogens (tertiary/aromatic N) is 1. The van der Waals surface area contributed by atoms with Crippen LogP contribution in [0.1, 0.15) is 44.9 Å². The van der Waals surface area contributed by atoms with Crippen molar-refractivity contribution in [3.63, 3.8) is 0 Å². The maximum Gasteiger partial charge on any atom is 0.227 e. The van der Waals surface area contributed by atoms with Gasteiger partial charge in [0.15, 0.2) is 0 Å². The average Bonchev–Trinajstić information content (AvgIpc) is 2.63. The first kappa shape index (κ1) is 17.1. The predicted octanol–water partition coefficient (Wildman–Crippen LogP) is 3.58. The Labute approximate surface area is 144 Å². The second kappa shape index (κ2) is 8.38. The highest BCUT2D eigenvalue weighted by atomic mass is 16.5. The molecule has 2 aliphatic rings. The van der Waals surface area contributed by atoms with Gasteiger partial charge in [-0.3, -0.25) is 4.79 Å². The minimum absolute atomic E-state index is 0.00371. The smallest absolute Gasteiger partial charge is 0.227 e. The first-order chi connectivity index (χ1) is 11.8. The molecule has 0 radical (unpaired) electrons. The van der Waals surface area contributed by atoms with Crippen LogP contribution < -0.4 is 15.0 Å². The van der Waals surface area contributed by atoms with E-state index in [0.29, 0.717) is 12.2 Å². The lowest BCUT2D eigenvalue weighted by atomic mass is 10.1. The van der Waals surface area contributed by atoms with E-state index in [1.807, 2.05) is 12.1 Å². The molecule has 0 spiro atoms. The van der Waals surface area contributed by atoms with Gasteiger partial charge in [-0.15, -0.1) is 0 Å². The number of anilines is 2. The largest absolute Gasteiger partial charge is 0.495 e. The van der Waals surface area contributed by atoms with E-state index in [9.17, 15) is 4.79 Å². The summed E-state index contributed by atoms with van der Waals surface area (Å²) < 4.78 is 11.1. The number of piperidine rings is 1. The third-order valence-electron chi connectivity index (χ3n) is 4.87. The molecule has 1 N–H and O–H groups in total. The van der Waals surface area contributed by atoms with E-state index in [0.717, 1.165) is 50.3 Å². The molecule has 24 heavy (non-hydrogen) atoms. The van der Waals surface area contributed by atoms with Gasteiger partial charge in [0.05, 0.1) is 25.3 Å². The van der Waals surface area contributed by atoms with Crippen molar-refractivity contribution >= 4 is 17.3 Å². The fraction of sp³-hybridized carbons (Fsp3) is 0.632. The fourth-order valence-corrected chi connectivity index (χ4v) is 3.52. The summed E-state index contributed by atoms with van der Waals surface area (Å²) in [6.07, 6.45) is 7.44. The second-order valence-corrected chi connectivity index (χ2v) is 6.67. The zero-order valence-electron chi connectivity index (χ0n) is 14.6. The van der Waals surface area contributed by atoms with Crippen molar-refractivity contribution in [3.05, 3.63) is 18.2 Å². The number of amides is 1. The first-order valence-electron chi connectivity index (χ1n) is 9.11. The number of carbonyl (C=O) groups is 1. The van der Waals surface area contributed by atoms with E-state index >= 15 is 0 Å². The molecule has 132 valence electrons. The van der Waals surface area contributed by atoms with Crippen LogP contribution in [0.3, 0.4) is 0 Å². The summed E-state index contributed by atoms with van der Waals surface area (Å²) in [4.78, 5) is 14.8. The van der Waals surface area contributed by atoms with Gasteiger partial charge < -0.3 is 19.7 Å². The van der Waals surface area contributed by atoms with Gasteiger partial charge in [0.2, 0.25) is 5.91 Å². The van der Waals surface area contributed by atoms with E-state index in [-0.39, 0.29) is 12.0 Å². The number of ether oxygens (including phenoxy) is 2. The molecule has 0 aliphatic carbocycles. The average molecular weight is 332 g/mol. The summed E-state index contributed by atoms with van der Waals surface area (Å²) in [5.74, 6) is 0.699. The van der Waals surface area contributed by atoms with Crippen LogP contribution in [0.15, 0.2) is 18.2 Å². The van der Waals surface area contributed by atoms with Gasteiger partial charge in [0.1, 0.15) is 5.75 Å². The Balaban J connectivity index is 1.66. The van der Waals surface area contributed by atoms with E-state index in [1.54, 1.807) is 7.11 Å². The van der Waals surface area contributed by atoms with E-state index < -0.39 is 0 Å². The summed E-state index contributed by atoms with van der Waals surface area (Å²) in [7, 11) is 1.63. The molecule has 2 aliphatic heterocycles. The van der Waals surface area contributed by atoms with Crippen LogP contribution in [0.25, 0.3) is 0 Å². The highest BCUT2D eigenvalue weighted by Gasteiger charge is 2.19. The number of benzene rings is 1. The van der Waals surface area contributed by atoms with Gasteiger partial charge in [0.25, 0.3) is 0 Å². The normalized spacial score (nSPS) is 21.4. The summed E-state index contributed by atoms with van der Waals surface area (Å²) in [6, 6.07) is 6.05. The molecular weight excluding hydrogens is 304 g/mol. The van der Waals surface area contributed by atoms with Crippen molar-refractivity contribution in [2.75, 3.05) is 37.0 Å². The molecular formula is C19H28N2O3. The monoisotopic (exact) mass is 332 g/mol. The fourth-order valence-electron chi connectivity index (χ4n) is 3.52. The van der Waals surface area contributed by atoms with Gasteiger partial charge in [-0.25, -0.2) is 0 Å². The molecule has 0 bridgehead atoms. The van der Waals surface area contributed by atoms with Crippen molar-refractivity contribution in [1.29, 1.82) is 0 Å². The second-order valence-electron chi connectivity index (χ2n) is 6.67. The Morgan fingerprint density at radius 2 is 2.08 bits per heavy atom. The number of nitrogens with one attached hydrogen (secondary N) is 1. The van der Waals surface area contributed by atoms with Crippen LogP contribution in [0, 0.1) is 0 Å². The molecule has 2 saturated heterocycles. The number of hydrogen-bond donors (Lipinski definition) is 1. The summed E-state index contributed by atoms with van der Waals surface area (Å²) in [5.41, 5.74) is 1.90. The molecule has 5 nitrogen and oxygen atoms in total. The Kier molecular flexibility index (Phi) is 5.96. The molecule has 3 rings (SSSR count). The molecule has 2 fully saturated rings. The van der Waals surface area contributed by atoms with Crippen molar-refractivity contribution in [2.24, 2.45) is 0 Å². The number of carbonyl (C=O) groups excluding carboxylic acids is 1. The van der Waals surface area contributed by atoms with Gasteiger partial charge in [-0.05, 0) is 56.7 Å². The zero-order chi connectivity index (χ0) is 16.8. The summed E-state index contributed by atoms with van der Waals surface area (Å²) in [6.45, 7) is 2.93. The maximum atomic E-state index is 12.4. The van der Waals surface area contributed by atoms with Gasteiger partial charge in [-0.2, -0.15) is 0 Å². The van der Waals surface area contributed by atoms with E-state index in [4.69, 9.17) is 9.47 Å². The van der Waals surface area contributed by atoms with E-state index in [1.165, 1.54) is 19.3 Å². The minimum Gasteiger partial charge on any atom is -0.495 e. The van der Waals surface area contributed by atoms with Crippen LogP contribution in [0.2, 0.25) is 0 Å². The number of hydrogen-bond acceptors (Lipinski definition) is 4. The standard InChI is InChI=1S/C19H28N2O3/c1-23-18-9-8-15(21-10-4-2-5-11-21)13-17(18)20-19(22)14-16-7-3-6-12-24-16/h8-9,13,16H,2-7,10-12,14H2,1H3,(H,20,22). The van der Waals surface area contributed by atoms with Gasteiger partial charge >= 0.3 is 0 Å². The van der Waals surface area contributed by atoms with Crippen molar-refractivity contribution in [2.45, 2.75) is 51.0 Å². The molecule has 1 aromatic rings. The summed E-state index contributed by atoms with van der Waals surface area (Å²) >= 11 is 0. The Morgan fingerprint density at radius 1 is 1.25 bits per heavy atom. The van der Waals surface area contributed by atoms with Crippen LogP contribution in [-0.2, 0) is 9.53 Å².